The van der Waals surface area contributed by atoms with E-state index in [1.807, 2.05) is 24.0 Å². The monoisotopic (exact) mass is 436 g/mol. The fraction of sp³-hybridized carbons (Fsp3) is 0.550. The predicted octanol–water partition coefficient (Wildman–Crippen LogP) is 2.41. The van der Waals surface area contributed by atoms with E-state index in [0.29, 0.717) is 42.6 Å². The number of imide groups is 1. The lowest BCUT2D eigenvalue weighted by atomic mass is 9.46. The highest BCUT2D eigenvalue weighted by molar-refractivity contribution is 6.35. The van der Waals surface area contributed by atoms with Crippen molar-refractivity contribution in [2.24, 2.45) is 10.8 Å². The van der Waals surface area contributed by atoms with Crippen LogP contribution in [0.25, 0.3) is 0 Å². The topological polar surface area (TPSA) is 81.8 Å². The molecule has 4 amide bonds. The van der Waals surface area contributed by atoms with Crippen molar-refractivity contribution in [3.05, 3.63) is 28.2 Å². The summed E-state index contributed by atoms with van der Waals surface area (Å²) in [5, 5.41) is 6.35. The van der Waals surface area contributed by atoms with Crippen LogP contribution in [0, 0.1) is 10.8 Å². The predicted molar refractivity (Wildman–Crippen MR) is 109 cm³/mol. The molecule has 0 unspecified atom stereocenters. The van der Waals surface area contributed by atoms with Crippen molar-refractivity contribution in [3.8, 4) is 0 Å². The van der Waals surface area contributed by atoms with E-state index in [9.17, 15) is 14.4 Å². The Balaban J connectivity index is 1.29. The summed E-state index contributed by atoms with van der Waals surface area (Å²) in [6.07, 6.45) is 1.92. The van der Waals surface area contributed by atoms with Gasteiger partial charge in [-0.05, 0) is 37.5 Å². The van der Waals surface area contributed by atoms with E-state index < -0.39 is 22.4 Å². The summed E-state index contributed by atoms with van der Waals surface area (Å²) in [4.78, 5) is 41.7. The highest BCUT2D eigenvalue weighted by atomic mass is 35.5. The molecule has 1 aromatic rings. The standard InChI is InChI=1S/C20H22Cl2N4O3/c1-18(11-20(19(18)2-3-19)15(27)23-17(29)24-20)16(28)26-6-4-25(5-7-26)14-9-12(21)8-13(22)10-14/h8-10H,2-7,11H2,1H3,(H2,23,24,27,29)/t18-,20-/m0/s1. The van der Waals surface area contributed by atoms with E-state index in [1.54, 1.807) is 6.07 Å². The summed E-state index contributed by atoms with van der Waals surface area (Å²) in [7, 11) is 0. The number of amides is 4. The molecule has 7 nitrogen and oxygen atoms in total. The summed E-state index contributed by atoms with van der Waals surface area (Å²) in [6, 6.07) is 5.00. The minimum Gasteiger partial charge on any atom is -0.368 e. The maximum absolute atomic E-state index is 13.5. The zero-order valence-corrected chi connectivity index (χ0v) is 17.6. The van der Waals surface area contributed by atoms with Crippen molar-refractivity contribution in [2.45, 2.75) is 31.7 Å². The molecule has 2 saturated carbocycles. The molecule has 1 aromatic carbocycles. The maximum Gasteiger partial charge on any atom is 0.322 e. The van der Waals surface area contributed by atoms with Crippen LogP contribution in [0.15, 0.2) is 18.2 Å². The second-order valence-corrected chi connectivity index (χ2v) is 9.68. The number of piperazine rings is 1. The highest BCUT2D eigenvalue weighted by Gasteiger charge is 2.84. The lowest BCUT2D eigenvalue weighted by Gasteiger charge is -2.59. The Morgan fingerprint density at radius 3 is 2.17 bits per heavy atom. The van der Waals surface area contributed by atoms with E-state index in [2.05, 4.69) is 15.5 Å². The van der Waals surface area contributed by atoms with Crippen molar-refractivity contribution in [1.29, 1.82) is 0 Å². The second-order valence-electron chi connectivity index (χ2n) is 8.81. The van der Waals surface area contributed by atoms with Crippen LogP contribution in [0.5, 0.6) is 0 Å². The van der Waals surface area contributed by atoms with Crippen molar-refractivity contribution >= 4 is 46.7 Å². The first-order valence-electron chi connectivity index (χ1n) is 9.85. The van der Waals surface area contributed by atoms with Gasteiger partial charge in [0, 0.05) is 47.3 Å². The molecule has 2 aliphatic heterocycles. The number of carbonyl (C=O) groups is 3. The molecule has 0 aromatic heterocycles. The summed E-state index contributed by atoms with van der Waals surface area (Å²) in [5.41, 5.74) is -1.03. The molecule has 4 fully saturated rings. The normalized spacial score (nSPS) is 32.2. The maximum atomic E-state index is 13.5. The van der Waals surface area contributed by atoms with Gasteiger partial charge < -0.3 is 15.1 Å². The first-order valence-corrected chi connectivity index (χ1v) is 10.6. The quantitative estimate of drug-likeness (QED) is 0.697. The summed E-state index contributed by atoms with van der Waals surface area (Å²) in [6.45, 7) is 4.52. The van der Waals surface area contributed by atoms with Crippen molar-refractivity contribution < 1.29 is 14.4 Å². The smallest absolute Gasteiger partial charge is 0.322 e. The molecule has 29 heavy (non-hydrogen) atoms. The Kier molecular flexibility index (Phi) is 3.94. The van der Waals surface area contributed by atoms with Gasteiger partial charge in [0.2, 0.25) is 5.91 Å². The van der Waals surface area contributed by atoms with Gasteiger partial charge in [-0.2, -0.15) is 0 Å². The number of nitrogens with one attached hydrogen (secondary N) is 2. The van der Waals surface area contributed by atoms with Crippen LogP contribution in [-0.2, 0) is 9.59 Å². The minimum absolute atomic E-state index is 0.0818. The Morgan fingerprint density at radius 1 is 1.03 bits per heavy atom. The number of nitrogens with zero attached hydrogens (tertiary/aromatic N) is 2. The third-order valence-electron chi connectivity index (χ3n) is 7.43. The van der Waals surface area contributed by atoms with E-state index in [0.717, 1.165) is 18.5 Å². The van der Waals surface area contributed by atoms with Crippen molar-refractivity contribution in [3.63, 3.8) is 0 Å². The Morgan fingerprint density at radius 2 is 1.66 bits per heavy atom. The number of urea groups is 1. The van der Waals surface area contributed by atoms with Crippen LogP contribution in [0.2, 0.25) is 10.0 Å². The molecular weight excluding hydrogens is 415 g/mol. The van der Waals surface area contributed by atoms with Crippen molar-refractivity contribution in [1.82, 2.24) is 15.5 Å². The van der Waals surface area contributed by atoms with Crippen LogP contribution < -0.4 is 15.5 Å². The van der Waals surface area contributed by atoms with Gasteiger partial charge in [0.1, 0.15) is 5.54 Å². The molecule has 0 bridgehead atoms. The number of benzene rings is 1. The minimum atomic E-state index is -0.909. The molecule has 5 rings (SSSR count). The van der Waals surface area contributed by atoms with E-state index >= 15 is 0 Å². The number of hydrogen-bond donors (Lipinski definition) is 2. The third kappa shape index (κ3) is 2.46. The van der Waals surface area contributed by atoms with E-state index in [1.165, 1.54) is 0 Å². The van der Waals surface area contributed by atoms with E-state index in [4.69, 9.17) is 23.2 Å². The van der Waals surface area contributed by atoms with Gasteiger partial charge in [-0.3, -0.25) is 14.9 Å². The lowest BCUT2D eigenvalue weighted by molar-refractivity contribution is -0.172. The zero-order valence-electron chi connectivity index (χ0n) is 16.1. The molecule has 154 valence electrons. The van der Waals surface area contributed by atoms with Gasteiger partial charge in [-0.15, -0.1) is 0 Å². The average Bonchev–Trinajstić information content (AvgIpc) is 3.45. The van der Waals surface area contributed by atoms with Gasteiger partial charge >= 0.3 is 6.03 Å². The number of hydrogen-bond acceptors (Lipinski definition) is 4. The van der Waals surface area contributed by atoms with Gasteiger partial charge in [0.05, 0.1) is 5.41 Å². The molecule has 9 heteroatoms. The number of fused-ring (bicyclic) bond motifs is 1. The summed E-state index contributed by atoms with van der Waals surface area (Å²) in [5.74, 6) is -0.203. The number of carbonyl (C=O) groups excluding carboxylic acids is 3. The first kappa shape index (κ1) is 19.0. The van der Waals surface area contributed by atoms with Crippen LogP contribution in [-0.4, -0.2) is 54.5 Å². The molecule has 2 heterocycles. The largest absolute Gasteiger partial charge is 0.368 e. The van der Waals surface area contributed by atoms with Gasteiger partial charge in [-0.1, -0.05) is 30.1 Å². The van der Waals surface area contributed by atoms with Crippen LogP contribution in [0.1, 0.15) is 26.2 Å². The van der Waals surface area contributed by atoms with Crippen LogP contribution >= 0.6 is 23.2 Å². The molecule has 2 saturated heterocycles. The summed E-state index contributed by atoms with van der Waals surface area (Å²) >= 11 is 12.2. The molecule has 0 radical (unpaired) electrons. The van der Waals surface area contributed by atoms with Gasteiger partial charge in [-0.25, -0.2) is 4.79 Å². The average molecular weight is 437 g/mol. The number of rotatable bonds is 2. The zero-order chi connectivity index (χ0) is 20.6. The Hall–Kier alpha value is -1.99. The molecule has 2 atom stereocenters. The Bertz CT molecular complexity index is 921. The third-order valence-corrected chi connectivity index (χ3v) is 7.87. The number of anilines is 1. The molecule has 4 aliphatic rings. The fourth-order valence-electron chi connectivity index (χ4n) is 5.81. The molecular formula is C20H22Cl2N4O3. The SMILES string of the molecule is C[C@@]1(C(=O)N2CCN(c3cc(Cl)cc(Cl)c3)CC2)C[C@@]2(NC(=O)NC2=O)C12CC2. The van der Waals surface area contributed by atoms with Crippen LogP contribution in [0.3, 0.4) is 0 Å². The lowest BCUT2D eigenvalue weighted by Crippen LogP contribution is -2.74. The summed E-state index contributed by atoms with van der Waals surface area (Å²) < 4.78 is 0. The van der Waals surface area contributed by atoms with Crippen molar-refractivity contribution in [2.75, 3.05) is 31.1 Å². The molecule has 2 N–H and O–H groups in total. The van der Waals surface area contributed by atoms with Crippen LogP contribution in [0.4, 0.5) is 10.5 Å². The number of halogens is 2. The van der Waals surface area contributed by atoms with Gasteiger partial charge in [0.25, 0.3) is 5.91 Å². The molecule has 2 spiro atoms. The molecule has 2 aliphatic carbocycles. The van der Waals surface area contributed by atoms with Gasteiger partial charge in [0.15, 0.2) is 0 Å². The fourth-order valence-corrected chi connectivity index (χ4v) is 6.32. The first-order chi connectivity index (χ1) is 13.7. The van der Waals surface area contributed by atoms with E-state index in [-0.39, 0.29) is 11.8 Å². The highest BCUT2D eigenvalue weighted by Crippen LogP contribution is 2.77. The Labute approximate surface area is 178 Å². The second kappa shape index (κ2) is 6.01.